The number of ether oxygens (including phenoxy) is 2. The Morgan fingerprint density at radius 2 is 2.18 bits per heavy atom. The van der Waals surface area contributed by atoms with E-state index in [2.05, 4.69) is 24.2 Å². The summed E-state index contributed by atoms with van der Waals surface area (Å²) in [4.78, 5) is 4.62. The number of nitrogens with zero attached hydrogens (tertiary/aromatic N) is 1. The van der Waals surface area contributed by atoms with Crippen molar-refractivity contribution in [1.82, 2.24) is 5.32 Å². The van der Waals surface area contributed by atoms with Crippen molar-refractivity contribution in [1.29, 1.82) is 0 Å². The van der Waals surface area contributed by atoms with Gasteiger partial charge in [0.2, 0.25) is 0 Å². The smallest absolute Gasteiger partial charge is 0.157 e. The van der Waals surface area contributed by atoms with E-state index < -0.39 is 0 Å². The minimum Gasteiger partial charge on any atom is -0.381 e. The maximum absolute atomic E-state index is 5.41. The quantitative estimate of drug-likeness (QED) is 0.836. The molecule has 0 aromatic carbocycles. The van der Waals surface area contributed by atoms with Gasteiger partial charge in [0.25, 0.3) is 0 Å². The monoisotopic (exact) mass is 258 g/mol. The fourth-order valence-electron chi connectivity index (χ4n) is 1.95. The Labute approximate surface area is 108 Å². The summed E-state index contributed by atoms with van der Waals surface area (Å²) in [5, 5.41) is 4.65. The molecule has 17 heavy (non-hydrogen) atoms. The lowest BCUT2D eigenvalue weighted by molar-refractivity contribution is 0.0310. The topological polar surface area (TPSA) is 42.8 Å². The predicted molar refractivity (Wildman–Crippen MR) is 71.8 cm³/mol. The first-order valence-electron chi connectivity index (χ1n) is 6.14. The van der Waals surface area contributed by atoms with Crippen molar-refractivity contribution in [2.45, 2.75) is 37.8 Å². The number of rotatable bonds is 3. The van der Waals surface area contributed by atoms with Gasteiger partial charge in [-0.15, -0.1) is 0 Å². The van der Waals surface area contributed by atoms with Crippen LogP contribution in [0.25, 0.3) is 0 Å². The van der Waals surface area contributed by atoms with Gasteiger partial charge in [0.15, 0.2) is 5.17 Å². The van der Waals surface area contributed by atoms with Crippen LogP contribution in [0.4, 0.5) is 0 Å². The molecule has 5 heteroatoms. The Hall–Kier alpha value is -0.260. The predicted octanol–water partition coefficient (Wildman–Crippen LogP) is 1.65. The summed E-state index contributed by atoms with van der Waals surface area (Å²) in [6.45, 7) is 6.54. The molecule has 0 radical (unpaired) electrons. The summed E-state index contributed by atoms with van der Waals surface area (Å²) in [5.41, 5.74) is 0.0552. The summed E-state index contributed by atoms with van der Waals surface area (Å²) < 4.78 is 10.8. The molecule has 0 unspecified atom stereocenters. The number of amidine groups is 1. The Morgan fingerprint density at radius 1 is 1.47 bits per heavy atom. The van der Waals surface area contributed by atoms with Gasteiger partial charge in [0.1, 0.15) is 0 Å². The third-order valence-electron chi connectivity index (χ3n) is 3.46. The number of hydrogen-bond acceptors (Lipinski definition) is 4. The van der Waals surface area contributed by atoms with Crippen LogP contribution in [-0.4, -0.2) is 48.9 Å². The molecule has 0 bridgehead atoms. The molecule has 4 nitrogen and oxygen atoms in total. The van der Waals surface area contributed by atoms with Crippen LogP contribution in [0.3, 0.4) is 0 Å². The molecule has 1 spiro atoms. The van der Waals surface area contributed by atoms with Crippen LogP contribution >= 0.6 is 11.8 Å². The van der Waals surface area contributed by atoms with Gasteiger partial charge < -0.3 is 14.8 Å². The molecule has 2 heterocycles. The molecule has 1 N–H and O–H groups in total. The van der Waals surface area contributed by atoms with Crippen LogP contribution in [0, 0.1) is 0 Å². The maximum atomic E-state index is 5.41. The summed E-state index contributed by atoms with van der Waals surface area (Å²) in [5.74, 6) is 1.11. The van der Waals surface area contributed by atoms with Crippen molar-refractivity contribution < 1.29 is 9.47 Å². The van der Waals surface area contributed by atoms with Gasteiger partial charge in [0.05, 0.1) is 17.7 Å². The molecular weight excluding hydrogens is 236 g/mol. The Balaban J connectivity index is 1.90. The van der Waals surface area contributed by atoms with Gasteiger partial charge in [-0.2, -0.15) is 0 Å². The molecule has 2 aliphatic rings. The van der Waals surface area contributed by atoms with Gasteiger partial charge in [-0.05, 0) is 26.7 Å². The Morgan fingerprint density at radius 3 is 2.82 bits per heavy atom. The normalized spacial score (nSPS) is 26.4. The van der Waals surface area contributed by atoms with E-state index in [-0.39, 0.29) is 11.1 Å². The third-order valence-corrected chi connectivity index (χ3v) is 4.66. The second-order valence-electron chi connectivity index (χ2n) is 5.39. The number of aliphatic imine (C=N–C) groups is 1. The summed E-state index contributed by atoms with van der Waals surface area (Å²) in [6.07, 6.45) is 2.18. The molecule has 0 saturated carbocycles. The molecule has 0 amide bonds. The van der Waals surface area contributed by atoms with Gasteiger partial charge in [0, 0.05) is 26.1 Å². The van der Waals surface area contributed by atoms with Crippen molar-refractivity contribution in [2.75, 3.05) is 32.6 Å². The van der Waals surface area contributed by atoms with E-state index in [1.165, 1.54) is 0 Å². The largest absolute Gasteiger partial charge is 0.381 e. The zero-order chi connectivity index (χ0) is 12.4. The molecule has 0 aliphatic carbocycles. The summed E-state index contributed by atoms with van der Waals surface area (Å²) >= 11 is 1.83. The van der Waals surface area contributed by atoms with Crippen LogP contribution in [-0.2, 0) is 9.47 Å². The average molecular weight is 258 g/mol. The first-order valence-corrected chi connectivity index (χ1v) is 7.12. The third kappa shape index (κ3) is 3.36. The van der Waals surface area contributed by atoms with Crippen LogP contribution in [0.2, 0.25) is 0 Å². The second kappa shape index (κ2) is 5.16. The van der Waals surface area contributed by atoms with Crippen LogP contribution in [0.1, 0.15) is 26.7 Å². The molecule has 2 fully saturated rings. The first kappa shape index (κ1) is 13.2. The highest BCUT2D eigenvalue weighted by Crippen LogP contribution is 2.31. The van der Waals surface area contributed by atoms with Crippen LogP contribution in [0.15, 0.2) is 4.99 Å². The highest BCUT2D eigenvalue weighted by atomic mass is 32.2. The zero-order valence-electron chi connectivity index (χ0n) is 10.9. The van der Waals surface area contributed by atoms with Gasteiger partial charge in [-0.1, -0.05) is 11.8 Å². The average Bonchev–Trinajstić information content (AvgIpc) is 2.71. The number of thioether (sulfide) groups is 1. The lowest BCUT2D eigenvalue weighted by Crippen LogP contribution is -2.48. The van der Waals surface area contributed by atoms with E-state index in [0.29, 0.717) is 6.54 Å². The molecule has 2 saturated heterocycles. The maximum Gasteiger partial charge on any atom is 0.157 e. The molecule has 2 aliphatic heterocycles. The van der Waals surface area contributed by atoms with E-state index in [4.69, 9.17) is 9.47 Å². The van der Waals surface area contributed by atoms with Gasteiger partial charge in [-0.25, -0.2) is 0 Å². The van der Waals surface area contributed by atoms with Gasteiger partial charge >= 0.3 is 0 Å². The molecule has 0 atom stereocenters. The van der Waals surface area contributed by atoms with Crippen molar-refractivity contribution in [3.63, 3.8) is 0 Å². The van der Waals surface area contributed by atoms with E-state index in [1.807, 2.05) is 11.8 Å². The minimum atomic E-state index is -0.180. The Kier molecular flexibility index (Phi) is 4.00. The number of hydrogen-bond donors (Lipinski definition) is 1. The number of nitrogens with one attached hydrogen (secondary N) is 1. The minimum absolute atomic E-state index is 0.180. The molecule has 98 valence electrons. The molecule has 2 rings (SSSR count). The highest BCUT2D eigenvalue weighted by molar-refractivity contribution is 8.14. The van der Waals surface area contributed by atoms with Crippen molar-refractivity contribution >= 4 is 16.9 Å². The standard InChI is InChI=1S/C12H22N2O2S/c1-11(2,15-3)8-13-10-14-12(9-17-10)4-6-16-7-5-12/h4-9H2,1-3H3,(H,13,14). The SMILES string of the molecule is COC(C)(C)CN=C1NC2(CCOCC2)CS1. The fourth-order valence-corrected chi connectivity index (χ4v) is 3.17. The van der Waals surface area contributed by atoms with Gasteiger partial charge in [-0.3, -0.25) is 4.99 Å². The van der Waals surface area contributed by atoms with E-state index in [0.717, 1.165) is 37.0 Å². The molecule has 0 aromatic rings. The number of methoxy groups -OCH3 is 1. The van der Waals surface area contributed by atoms with Crippen LogP contribution < -0.4 is 5.32 Å². The molecule has 0 aromatic heterocycles. The summed E-state index contributed by atoms with van der Waals surface area (Å²) in [7, 11) is 1.73. The molecular formula is C12H22N2O2S. The van der Waals surface area contributed by atoms with Crippen molar-refractivity contribution in [3.05, 3.63) is 0 Å². The zero-order valence-corrected chi connectivity index (χ0v) is 11.7. The van der Waals surface area contributed by atoms with Crippen LogP contribution in [0.5, 0.6) is 0 Å². The van der Waals surface area contributed by atoms with E-state index in [9.17, 15) is 0 Å². The lowest BCUT2D eigenvalue weighted by Gasteiger charge is -2.32. The van der Waals surface area contributed by atoms with Crippen molar-refractivity contribution in [3.8, 4) is 0 Å². The van der Waals surface area contributed by atoms with E-state index in [1.54, 1.807) is 7.11 Å². The highest BCUT2D eigenvalue weighted by Gasteiger charge is 2.38. The second-order valence-corrected chi connectivity index (χ2v) is 6.36. The fraction of sp³-hybridized carbons (Fsp3) is 0.917. The first-order chi connectivity index (χ1) is 8.05. The Bertz CT molecular complexity index is 299. The summed E-state index contributed by atoms with van der Waals surface area (Å²) in [6, 6.07) is 0. The van der Waals surface area contributed by atoms with Crippen molar-refractivity contribution in [2.24, 2.45) is 4.99 Å². The van der Waals surface area contributed by atoms with E-state index >= 15 is 0 Å². The lowest BCUT2D eigenvalue weighted by atomic mass is 9.93.